The third-order valence-electron chi connectivity index (χ3n) is 4.87. The van der Waals surface area contributed by atoms with Crippen LogP contribution in [0.15, 0.2) is 24.3 Å². The number of benzene rings is 1. The first-order valence-corrected chi connectivity index (χ1v) is 11.2. The standard InChI is InChI=1S/C17H27NO3.C6H8O7/c1-2-3-12-20-16-5-7-17(8-6-16)21-13-4-9-18-10-14-19-15-11-18;7-3(8)1-6(13,5(11)12)2-4(9)10/h5-8H,2-4,9-15H2,1H3;13H,1-2H2,(H,7,8)(H,9,10)(H,11,12). The average Bonchev–Trinajstić information content (AvgIpc) is 2.78. The van der Waals surface area contributed by atoms with E-state index >= 15 is 0 Å². The van der Waals surface area contributed by atoms with E-state index in [9.17, 15) is 14.4 Å². The quantitative estimate of drug-likeness (QED) is 0.284. The number of hydrogen-bond donors (Lipinski definition) is 4. The highest BCUT2D eigenvalue weighted by atomic mass is 16.5. The molecule has 4 N–H and O–H groups in total. The predicted octanol–water partition coefficient (Wildman–Crippen LogP) is 1.72. The van der Waals surface area contributed by atoms with Crippen molar-refractivity contribution in [1.29, 1.82) is 0 Å². The van der Waals surface area contributed by atoms with Crippen LogP contribution in [0.3, 0.4) is 0 Å². The second kappa shape index (κ2) is 15.9. The number of morpholine rings is 1. The zero-order valence-corrected chi connectivity index (χ0v) is 19.5. The SMILES string of the molecule is CCCCOc1ccc(OCCCN2CCOCC2)cc1.O=C(O)CC(O)(CC(=O)O)C(=O)O. The number of carbonyl (C=O) groups is 3. The molecule has 2 rings (SSSR count). The van der Waals surface area contributed by atoms with Crippen molar-refractivity contribution >= 4 is 17.9 Å². The molecule has 0 aromatic heterocycles. The molecule has 1 heterocycles. The number of nitrogens with zero attached hydrogens (tertiary/aromatic N) is 1. The number of rotatable bonds is 14. The summed E-state index contributed by atoms with van der Waals surface area (Å²) in [5.41, 5.74) is -2.74. The van der Waals surface area contributed by atoms with Crippen LogP contribution in [0.4, 0.5) is 0 Å². The first kappa shape index (κ1) is 29.1. The van der Waals surface area contributed by atoms with Crippen LogP contribution in [0.1, 0.15) is 39.0 Å². The molecule has 1 saturated heterocycles. The molecule has 0 bridgehead atoms. The molecule has 0 amide bonds. The second-order valence-corrected chi connectivity index (χ2v) is 7.81. The van der Waals surface area contributed by atoms with Crippen molar-refractivity contribution in [3.05, 3.63) is 24.3 Å². The van der Waals surface area contributed by atoms with Crippen molar-refractivity contribution in [3.8, 4) is 11.5 Å². The van der Waals surface area contributed by atoms with Crippen LogP contribution >= 0.6 is 0 Å². The number of carboxylic acids is 3. The van der Waals surface area contributed by atoms with Gasteiger partial charge in [0.15, 0.2) is 5.60 Å². The van der Waals surface area contributed by atoms with Crippen LogP contribution < -0.4 is 9.47 Å². The Morgan fingerprint density at radius 1 is 0.912 bits per heavy atom. The van der Waals surface area contributed by atoms with E-state index in [0.717, 1.165) is 76.8 Å². The Morgan fingerprint density at radius 3 is 1.79 bits per heavy atom. The van der Waals surface area contributed by atoms with Crippen LogP contribution in [-0.2, 0) is 19.1 Å². The first-order chi connectivity index (χ1) is 16.2. The fourth-order valence-corrected chi connectivity index (χ4v) is 2.98. The van der Waals surface area contributed by atoms with Crippen molar-refractivity contribution in [2.45, 2.75) is 44.6 Å². The van der Waals surface area contributed by atoms with Gasteiger partial charge in [0.1, 0.15) is 11.5 Å². The van der Waals surface area contributed by atoms with E-state index in [0.29, 0.717) is 0 Å². The maximum atomic E-state index is 10.3. The van der Waals surface area contributed by atoms with Crippen LogP contribution in [0.5, 0.6) is 11.5 Å². The van der Waals surface area contributed by atoms with Gasteiger partial charge in [0, 0.05) is 19.6 Å². The van der Waals surface area contributed by atoms with E-state index in [1.807, 2.05) is 24.3 Å². The lowest BCUT2D eigenvalue weighted by molar-refractivity contribution is -0.170. The third-order valence-corrected chi connectivity index (χ3v) is 4.87. The first-order valence-electron chi connectivity index (χ1n) is 11.2. The fraction of sp³-hybridized carbons (Fsp3) is 0.609. The van der Waals surface area contributed by atoms with E-state index in [1.165, 1.54) is 0 Å². The van der Waals surface area contributed by atoms with Gasteiger partial charge in [-0.2, -0.15) is 0 Å². The van der Waals surface area contributed by atoms with Gasteiger partial charge in [-0.3, -0.25) is 14.5 Å². The number of aliphatic hydroxyl groups is 1. The summed E-state index contributed by atoms with van der Waals surface area (Å²) in [6.07, 6.45) is 1.02. The van der Waals surface area contributed by atoms with Gasteiger partial charge in [0.05, 0.1) is 39.3 Å². The maximum Gasteiger partial charge on any atom is 0.336 e. The van der Waals surface area contributed by atoms with Crippen LogP contribution in [0.2, 0.25) is 0 Å². The van der Waals surface area contributed by atoms with Crippen LogP contribution in [-0.4, -0.2) is 94.9 Å². The molecule has 1 aromatic rings. The van der Waals surface area contributed by atoms with Crippen LogP contribution in [0, 0.1) is 0 Å². The Balaban J connectivity index is 0.000000385. The number of carboxylic acid groups (broad SMARTS) is 3. The summed E-state index contributed by atoms with van der Waals surface area (Å²) in [6, 6.07) is 7.92. The van der Waals surface area contributed by atoms with Gasteiger partial charge < -0.3 is 34.6 Å². The summed E-state index contributed by atoms with van der Waals surface area (Å²) in [6.45, 7) is 8.61. The molecule has 192 valence electrons. The molecular formula is C23H35NO10. The minimum Gasteiger partial charge on any atom is -0.494 e. The largest absolute Gasteiger partial charge is 0.494 e. The maximum absolute atomic E-state index is 10.3. The summed E-state index contributed by atoms with van der Waals surface area (Å²) >= 11 is 0. The van der Waals surface area contributed by atoms with Crippen molar-refractivity contribution in [3.63, 3.8) is 0 Å². The number of aliphatic carboxylic acids is 3. The number of hydrogen-bond acceptors (Lipinski definition) is 8. The molecular weight excluding hydrogens is 450 g/mol. The molecule has 0 spiro atoms. The van der Waals surface area contributed by atoms with Crippen LogP contribution in [0.25, 0.3) is 0 Å². The summed E-state index contributed by atoms with van der Waals surface area (Å²) in [5, 5.41) is 33.8. The smallest absolute Gasteiger partial charge is 0.336 e. The monoisotopic (exact) mass is 485 g/mol. The lowest BCUT2D eigenvalue weighted by Gasteiger charge is -2.26. The Bertz CT molecular complexity index is 731. The van der Waals surface area contributed by atoms with Crippen molar-refractivity contribution in [1.82, 2.24) is 4.90 Å². The lowest BCUT2D eigenvalue weighted by atomic mass is 9.96. The molecule has 1 aliphatic heterocycles. The highest BCUT2D eigenvalue weighted by Gasteiger charge is 2.40. The molecule has 34 heavy (non-hydrogen) atoms. The summed E-state index contributed by atoms with van der Waals surface area (Å²) in [7, 11) is 0. The normalized spacial score (nSPS) is 13.9. The molecule has 11 heteroatoms. The molecule has 0 unspecified atom stereocenters. The number of ether oxygens (including phenoxy) is 3. The zero-order valence-electron chi connectivity index (χ0n) is 19.5. The minimum absolute atomic E-state index is 0.757. The average molecular weight is 486 g/mol. The van der Waals surface area contributed by atoms with Gasteiger partial charge in [0.2, 0.25) is 0 Å². The molecule has 0 saturated carbocycles. The summed E-state index contributed by atoms with van der Waals surface area (Å²) in [4.78, 5) is 32.9. The summed E-state index contributed by atoms with van der Waals surface area (Å²) in [5.74, 6) is -3.18. The van der Waals surface area contributed by atoms with E-state index in [2.05, 4.69) is 11.8 Å². The molecule has 1 aliphatic rings. The molecule has 1 aromatic carbocycles. The Hall–Kier alpha value is -2.89. The van der Waals surface area contributed by atoms with Crippen molar-refractivity contribution in [2.24, 2.45) is 0 Å². The fourth-order valence-electron chi connectivity index (χ4n) is 2.98. The predicted molar refractivity (Wildman–Crippen MR) is 121 cm³/mol. The highest BCUT2D eigenvalue weighted by Crippen LogP contribution is 2.18. The Kier molecular flexibility index (Phi) is 13.6. The van der Waals surface area contributed by atoms with Gasteiger partial charge in [-0.1, -0.05) is 13.3 Å². The molecule has 1 fully saturated rings. The number of unbranched alkanes of at least 4 members (excludes halogenated alkanes) is 1. The molecule has 0 radical (unpaired) electrons. The lowest BCUT2D eigenvalue weighted by Crippen LogP contribution is -2.42. The van der Waals surface area contributed by atoms with Gasteiger partial charge in [-0.05, 0) is 37.1 Å². The second-order valence-electron chi connectivity index (χ2n) is 7.81. The van der Waals surface area contributed by atoms with Gasteiger partial charge in [-0.25, -0.2) is 4.79 Å². The van der Waals surface area contributed by atoms with E-state index in [4.69, 9.17) is 34.6 Å². The van der Waals surface area contributed by atoms with E-state index in [-0.39, 0.29) is 0 Å². The summed E-state index contributed by atoms with van der Waals surface area (Å²) < 4.78 is 16.7. The van der Waals surface area contributed by atoms with E-state index in [1.54, 1.807) is 0 Å². The van der Waals surface area contributed by atoms with Gasteiger partial charge in [0.25, 0.3) is 0 Å². The molecule has 11 nitrogen and oxygen atoms in total. The van der Waals surface area contributed by atoms with Crippen molar-refractivity contribution in [2.75, 3.05) is 46.1 Å². The Morgan fingerprint density at radius 2 is 1.38 bits per heavy atom. The van der Waals surface area contributed by atoms with Gasteiger partial charge in [-0.15, -0.1) is 0 Å². The molecule has 0 aliphatic carbocycles. The third kappa shape index (κ3) is 12.4. The minimum atomic E-state index is -2.74. The highest BCUT2D eigenvalue weighted by molar-refractivity contribution is 5.88. The van der Waals surface area contributed by atoms with E-state index < -0.39 is 36.4 Å². The Labute approximate surface area is 198 Å². The van der Waals surface area contributed by atoms with Gasteiger partial charge >= 0.3 is 17.9 Å². The van der Waals surface area contributed by atoms with Crippen molar-refractivity contribution < 1.29 is 49.0 Å². The zero-order chi connectivity index (χ0) is 25.4. The topological polar surface area (TPSA) is 163 Å². The molecule has 0 atom stereocenters.